The molecule has 2 aliphatic heterocycles. The summed E-state index contributed by atoms with van der Waals surface area (Å²) in [6.45, 7) is 6.18. The molecular formula is C12H25N2NaO8S2. The Hall–Kier alpha value is 0.660. The second kappa shape index (κ2) is 12.9. The predicted molar refractivity (Wildman–Crippen MR) is 85.5 cm³/mol. The van der Waals surface area contributed by atoms with Crippen LogP contribution in [-0.2, 0) is 29.7 Å². The maximum Gasteiger partial charge on any atom is 1.00 e. The predicted octanol–water partition coefficient (Wildman–Crippen LogP) is -4.93. The van der Waals surface area contributed by atoms with E-state index in [9.17, 15) is 21.4 Å². The third kappa shape index (κ3) is 15.4. The zero-order chi connectivity index (χ0) is 18.1. The summed E-state index contributed by atoms with van der Waals surface area (Å²) in [5.41, 5.74) is 0. The van der Waals surface area contributed by atoms with E-state index in [1.165, 1.54) is 0 Å². The Labute approximate surface area is 171 Å². The molecule has 0 atom stereocenters. The second-order valence-electron chi connectivity index (χ2n) is 5.46. The Morgan fingerprint density at radius 2 is 1.16 bits per heavy atom. The SMILES string of the molecule is O=S(=O)(O)CCN1CCOCC1.O=S(=O)([O-])CCN1CCOCC1.[Na+]. The molecule has 0 aromatic rings. The van der Waals surface area contributed by atoms with Crippen molar-refractivity contribution in [3.63, 3.8) is 0 Å². The van der Waals surface area contributed by atoms with Crippen molar-refractivity contribution >= 4 is 20.2 Å². The van der Waals surface area contributed by atoms with Crippen LogP contribution < -0.4 is 29.6 Å². The van der Waals surface area contributed by atoms with Crippen LogP contribution in [0.5, 0.6) is 0 Å². The second-order valence-corrected chi connectivity index (χ2v) is 8.55. The molecule has 13 heteroatoms. The first-order valence-corrected chi connectivity index (χ1v) is 10.8. The molecule has 2 aliphatic rings. The van der Waals surface area contributed by atoms with Crippen molar-refractivity contribution in [1.82, 2.24) is 9.80 Å². The van der Waals surface area contributed by atoms with Crippen molar-refractivity contribution in [2.75, 3.05) is 77.2 Å². The van der Waals surface area contributed by atoms with Gasteiger partial charge < -0.3 is 14.0 Å². The number of ether oxygens (including phenoxy) is 2. The molecule has 0 bridgehead atoms. The van der Waals surface area contributed by atoms with E-state index in [2.05, 4.69) is 0 Å². The molecular weight excluding hydrogens is 387 g/mol. The molecule has 25 heavy (non-hydrogen) atoms. The first-order chi connectivity index (χ1) is 11.2. The van der Waals surface area contributed by atoms with Crippen molar-refractivity contribution in [1.29, 1.82) is 0 Å². The Morgan fingerprint density at radius 3 is 1.48 bits per heavy atom. The monoisotopic (exact) mass is 412 g/mol. The molecule has 1 N–H and O–H groups in total. The van der Waals surface area contributed by atoms with Gasteiger partial charge in [0.25, 0.3) is 10.1 Å². The first-order valence-electron chi connectivity index (χ1n) is 7.65. The molecule has 2 fully saturated rings. The summed E-state index contributed by atoms with van der Waals surface area (Å²) in [7, 11) is -7.86. The zero-order valence-electron chi connectivity index (χ0n) is 14.5. The number of rotatable bonds is 6. The van der Waals surface area contributed by atoms with Crippen molar-refractivity contribution in [2.24, 2.45) is 0 Å². The summed E-state index contributed by atoms with van der Waals surface area (Å²) in [5, 5.41) is 0. The molecule has 0 unspecified atom stereocenters. The standard InChI is InChI=1S/2C6H13NO4S.Na/c2*8-12(9,10)6-3-7-1-4-11-5-2-7;/h2*1-6H2,(H,8,9,10);/q;;+1/p-1. The number of nitrogens with zero attached hydrogens (tertiary/aromatic N) is 2. The largest absolute Gasteiger partial charge is 1.00 e. The van der Waals surface area contributed by atoms with E-state index in [0.717, 1.165) is 26.2 Å². The molecule has 0 saturated carbocycles. The van der Waals surface area contributed by atoms with Crippen LogP contribution in [0.1, 0.15) is 0 Å². The number of morpholine rings is 2. The van der Waals surface area contributed by atoms with Crippen LogP contribution in [0.15, 0.2) is 0 Å². The van der Waals surface area contributed by atoms with Gasteiger partial charge in [0.15, 0.2) is 0 Å². The van der Waals surface area contributed by atoms with Gasteiger partial charge in [0.05, 0.1) is 48.1 Å². The third-order valence-electron chi connectivity index (χ3n) is 3.53. The maximum atomic E-state index is 10.4. The minimum atomic E-state index is -4.06. The average molecular weight is 412 g/mol. The summed E-state index contributed by atoms with van der Waals surface area (Å²) in [6, 6.07) is 0. The molecule has 0 radical (unpaired) electrons. The number of hydrogen-bond acceptors (Lipinski definition) is 9. The van der Waals surface area contributed by atoms with E-state index in [1.807, 2.05) is 9.80 Å². The molecule has 0 aromatic carbocycles. The van der Waals surface area contributed by atoms with Gasteiger partial charge in [-0.25, -0.2) is 8.42 Å². The molecule has 0 spiro atoms. The summed E-state index contributed by atoms with van der Waals surface area (Å²) in [5.74, 6) is -0.486. The van der Waals surface area contributed by atoms with Crippen molar-refractivity contribution < 1.29 is 65.0 Å². The van der Waals surface area contributed by atoms with Gasteiger partial charge in [0, 0.05) is 39.3 Å². The fourth-order valence-electron chi connectivity index (χ4n) is 2.13. The van der Waals surface area contributed by atoms with Gasteiger partial charge in [-0.1, -0.05) is 0 Å². The van der Waals surface area contributed by atoms with E-state index in [-0.39, 0.29) is 41.1 Å². The Morgan fingerprint density at radius 1 is 0.800 bits per heavy atom. The van der Waals surface area contributed by atoms with Crippen LogP contribution in [0.25, 0.3) is 0 Å². The van der Waals surface area contributed by atoms with Crippen LogP contribution in [0.4, 0.5) is 0 Å². The zero-order valence-corrected chi connectivity index (χ0v) is 18.1. The van der Waals surface area contributed by atoms with E-state index >= 15 is 0 Å². The average Bonchev–Trinajstić information content (AvgIpc) is 2.52. The van der Waals surface area contributed by atoms with Crippen LogP contribution in [0.3, 0.4) is 0 Å². The van der Waals surface area contributed by atoms with Crippen LogP contribution >= 0.6 is 0 Å². The van der Waals surface area contributed by atoms with Gasteiger partial charge in [-0.05, 0) is 0 Å². The van der Waals surface area contributed by atoms with Gasteiger partial charge in [-0.2, -0.15) is 8.42 Å². The fourth-order valence-corrected chi connectivity index (χ4v) is 3.11. The first kappa shape index (κ1) is 25.7. The van der Waals surface area contributed by atoms with Gasteiger partial charge in [0.2, 0.25) is 0 Å². The van der Waals surface area contributed by atoms with Crippen molar-refractivity contribution in [2.45, 2.75) is 0 Å². The molecule has 0 aliphatic carbocycles. The normalized spacial score (nSPS) is 20.2. The number of hydrogen-bond donors (Lipinski definition) is 1. The quantitative estimate of drug-likeness (QED) is 0.334. The smallest absolute Gasteiger partial charge is 0.748 e. The van der Waals surface area contributed by atoms with Crippen LogP contribution in [-0.4, -0.2) is 113 Å². The van der Waals surface area contributed by atoms with E-state index < -0.39 is 20.2 Å². The van der Waals surface area contributed by atoms with Gasteiger partial charge in [0.1, 0.15) is 0 Å². The molecule has 10 nitrogen and oxygen atoms in total. The Bertz CT molecular complexity index is 495. The summed E-state index contributed by atoms with van der Waals surface area (Å²) in [6.07, 6.45) is 0. The summed E-state index contributed by atoms with van der Waals surface area (Å²) < 4.78 is 70.1. The Kier molecular flexibility index (Phi) is 13.3. The fraction of sp³-hybridized carbons (Fsp3) is 1.00. The van der Waals surface area contributed by atoms with Gasteiger partial charge in [-0.15, -0.1) is 0 Å². The third-order valence-corrected chi connectivity index (χ3v) is 4.91. The van der Waals surface area contributed by atoms with E-state index in [1.54, 1.807) is 0 Å². The topological polar surface area (TPSA) is 137 Å². The van der Waals surface area contributed by atoms with Crippen LogP contribution in [0.2, 0.25) is 0 Å². The molecule has 2 heterocycles. The van der Waals surface area contributed by atoms with Gasteiger partial charge in [-0.3, -0.25) is 14.4 Å². The van der Waals surface area contributed by atoms with E-state index in [4.69, 9.17) is 14.0 Å². The van der Waals surface area contributed by atoms with E-state index in [0.29, 0.717) is 39.5 Å². The Balaban J connectivity index is 0.000000443. The van der Waals surface area contributed by atoms with Crippen LogP contribution in [0, 0.1) is 0 Å². The minimum absolute atomic E-state index is 0. The molecule has 0 amide bonds. The van der Waals surface area contributed by atoms with Crippen molar-refractivity contribution in [3.8, 4) is 0 Å². The molecule has 144 valence electrons. The van der Waals surface area contributed by atoms with Crippen molar-refractivity contribution in [3.05, 3.63) is 0 Å². The molecule has 2 saturated heterocycles. The molecule has 2 rings (SSSR count). The molecule has 0 aromatic heterocycles. The summed E-state index contributed by atoms with van der Waals surface area (Å²) >= 11 is 0. The maximum absolute atomic E-state index is 10.4. The van der Waals surface area contributed by atoms with Gasteiger partial charge >= 0.3 is 29.6 Å². The minimum Gasteiger partial charge on any atom is -0.748 e. The summed E-state index contributed by atoms with van der Waals surface area (Å²) in [4.78, 5) is 3.87.